The Morgan fingerprint density at radius 1 is 0.814 bits per heavy atom. The predicted octanol–water partition coefficient (Wildman–Crippen LogP) is 8.77. The fourth-order valence-electron chi connectivity index (χ4n) is 6.20. The summed E-state index contributed by atoms with van der Waals surface area (Å²) in [6.45, 7) is 2.30. The number of benzene rings is 3. The number of rotatable bonds is 13. The van der Waals surface area contributed by atoms with Crippen molar-refractivity contribution in [1.82, 2.24) is 0 Å². The molecule has 234 valence electrons. The molecule has 43 heavy (non-hydrogen) atoms. The highest BCUT2D eigenvalue weighted by molar-refractivity contribution is 7.91. The second kappa shape index (κ2) is 13.9. The lowest BCUT2D eigenvalue weighted by Gasteiger charge is -2.43. The van der Waals surface area contributed by atoms with E-state index in [1.165, 1.54) is 22.3 Å². The fraction of sp³-hybridized carbons (Fsp3) is 0.471. The van der Waals surface area contributed by atoms with Crippen molar-refractivity contribution in [2.45, 2.75) is 88.1 Å². The molecule has 3 unspecified atom stereocenters. The Labute approximate surface area is 253 Å². The molecular formula is C34H39F5O3S. The number of unbranched alkanes of at least 4 members (excludes halogenated alkanes) is 1. The summed E-state index contributed by atoms with van der Waals surface area (Å²) in [7, 11) is 0. The van der Waals surface area contributed by atoms with Crippen LogP contribution in [0.25, 0.3) is 0 Å². The van der Waals surface area contributed by atoms with E-state index in [1.807, 2.05) is 42.5 Å². The number of alkyl halides is 5. The van der Waals surface area contributed by atoms with E-state index in [9.17, 15) is 36.7 Å². The third-order valence-corrected chi connectivity index (χ3v) is 10.2. The van der Waals surface area contributed by atoms with Gasteiger partial charge in [-0.15, -0.1) is 0 Å². The van der Waals surface area contributed by atoms with Crippen LogP contribution in [0.3, 0.4) is 0 Å². The molecule has 0 amide bonds. The van der Waals surface area contributed by atoms with Crippen molar-refractivity contribution >= 4 is 11.2 Å². The van der Waals surface area contributed by atoms with Gasteiger partial charge in [-0.25, -0.2) is 0 Å². The first-order valence-electron chi connectivity index (χ1n) is 14.8. The highest BCUT2D eigenvalue weighted by Crippen LogP contribution is 2.50. The molecule has 0 saturated carbocycles. The summed E-state index contributed by atoms with van der Waals surface area (Å²) in [5.74, 6) is -3.91. The van der Waals surface area contributed by atoms with E-state index in [-0.39, 0.29) is 34.3 Å². The molecule has 0 fully saturated rings. The molecule has 1 aliphatic carbocycles. The lowest BCUT2D eigenvalue weighted by atomic mass is 9.60. The van der Waals surface area contributed by atoms with Crippen LogP contribution in [0.15, 0.2) is 66.7 Å². The Morgan fingerprint density at radius 3 is 2.09 bits per heavy atom. The molecule has 3 atom stereocenters. The number of hydrogen-bond donors (Lipinski definition) is 2. The minimum atomic E-state index is -5.57. The Hall–Kier alpha value is -2.78. The van der Waals surface area contributed by atoms with Crippen LogP contribution < -0.4 is 0 Å². The maximum atomic E-state index is 13.0. The molecule has 3 aromatic rings. The second-order valence-electron chi connectivity index (χ2n) is 11.9. The van der Waals surface area contributed by atoms with Crippen molar-refractivity contribution in [1.29, 1.82) is 0 Å². The van der Waals surface area contributed by atoms with E-state index in [0.717, 1.165) is 44.1 Å². The van der Waals surface area contributed by atoms with Gasteiger partial charge in [0.1, 0.15) is 23.0 Å². The van der Waals surface area contributed by atoms with Crippen molar-refractivity contribution in [3.63, 3.8) is 0 Å². The molecule has 0 spiro atoms. The first-order valence-corrected chi connectivity index (χ1v) is 16.3. The van der Waals surface area contributed by atoms with Crippen molar-refractivity contribution in [2.75, 3.05) is 11.5 Å². The minimum Gasteiger partial charge on any atom is -0.616 e. The van der Waals surface area contributed by atoms with Gasteiger partial charge < -0.3 is 14.8 Å². The van der Waals surface area contributed by atoms with E-state index in [0.29, 0.717) is 6.42 Å². The lowest BCUT2D eigenvalue weighted by molar-refractivity contribution is -0.284. The number of hydrogen-bond acceptors (Lipinski definition) is 3. The summed E-state index contributed by atoms with van der Waals surface area (Å²) in [5.41, 5.74) is 5.69. The van der Waals surface area contributed by atoms with Crippen LogP contribution in [0.4, 0.5) is 22.0 Å². The molecule has 4 rings (SSSR count). The number of phenols is 2. The van der Waals surface area contributed by atoms with Crippen molar-refractivity contribution in [2.24, 2.45) is 0 Å². The molecular weight excluding hydrogens is 583 g/mol. The molecule has 2 N–H and O–H groups in total. The molecule has 9 heteroatoms. The van der Waals surface area contributed by atoms with E-state index in [1.54, 1.807) is 18.2 Å². The van der Waals surface area contributed by atoms with E-state index in [4.69, 9.17) is 0 Å². The van der Waals surface area contributed by atoms with Crippen LogP contribution in [-0.2, 0) is 35.9 Å². The van der Waals surface area contributed by atoms with Gasteiger partial charge in [0.25, 0.3) is 0 Å². The zero-order valence-electron chi connectivity index (χ0n) is 24.3. The maximum absolute atomic E-state index is 13.0. The van der Waals surface area contributed by atoms with Crippen molar-refractivity contribution in [3.8, 4) is 11.5 Å². The first-order chi connectivity index (χ1) is 20.3. The monoisotopic (exact) mass is 622 g/mol. The molecule has 0 aromatic heterocycles. The van der Waals surface area contributed by atoms with Crippen LogP contribution in [-0.4, -0.2) is 38.4 Å². The molecule has 0 radical (unpaired) electrons. The molecule has 3 nitrogen and oxygen atoms in total. The topological polar surface area (TPSA) is 63.5 Å². The van der Waals surface area contributed by atoms with Crippen LogP contribution in [0.5, 0.6) is 11.5 Å². The van der Waals surface area contributed by atoms with Crippen molar-refractivity contribution in [3.05, 3.63) is 94.5 Å². The number of aromatic hydroxyl groups is 2. The lowest BCUT2D eigenvalue weighted by Crippen LogP contribution is -2.36. The summed E-state index contributed by atoms with van der Waals surface area (Å²) >= 11 is -1.46. The maximum Gasteiger partial charge on any atom is 0.453 e. The smallest absolute Gasteiger partial charge is 0.453 e. The Morgan fingerprint density at radius 2 is 1.44 bits per heavy atom. The Bertz CT molecular complexity index is 1330. The van der Waals surface area contributed by atoms with Gasteiger partial charge in [0.2, 0.25) is 0 Å². The summed E-state index contributed by atoms with van der Waals surface area (Å²) < 4.78 is 75.0. The molecule has 0 aliphatic heterocycles. The number of halogens is 5. The van der Waals surface area contributed by atoms with Gasteiger partial charge in [-0.05, 0) is 102 Å². The Kier molecular flexibility index (Phi) is 10.7. The normalized spacial score (nSPS) is 19.7. The zero-order valence-corrected chi connectivity index (χ0v) is 25.1. The fourth-order valence-corrected chi connectivity index (χ4v) is 7.34. The standard InChI is InChI=1S/C34H39F5O3S/c1-32(27-11-13-28(40)14-12-27)20-17-26-23-29(41)15-16-30(26)31(32)6-3-2-5-24-7-9-25(10-8-24)18-22-43(42)21-4-19-33(35,36)34(37,38)39/h7-16,23,31,40-41H,2-6,17-22H2,1H3. The van der Waals surface area contributed by atoms with Crippen LogP contribution in [0, 0.1) is 0 Å². The second-order valence-corrected chi connectivity index (χ2v) is 13.6. The molecule has 0 heterocycles. The van der Waals surface area contributed by atoms with E-state index < -0.39 is 36.1 Å². The average molecular weight is 623 g/mol. The SMILES string of the molecule is CC1(c2ccc(O)cc2)CCc2cc(O)ccc2C1CCCCc1ccc(CC[S+]([O-])CCCC(F)(F)C(F)(F)F)cc1. The van der Waals surface area contributed by atoms with E-state index >= 15 is 0 Å². The van der Waals surface area contributed by atoms with Gasteiger partial charge in [0, 0.05) is 12.8 Å². The minimum absolute atomic E-state index is 0.0986. The van der Waals surface area contributed by atoms with Crippen LogP contribution in [0.1, 0.15) is 79.2 Å². The van der Waals surface area contributed by atoms with E-state index in [2.05, 4.69) is 13.0 Å². The van der Waals surface area contributed by atoms with Gasteiger partial charge in [0.15, 0.2) is 0 Å². The predicted molar refractivity (Wildman–Crippen MR) is 160 cm³/mol. The van der Waals surface area contributed by atoms with Gasteiger partial charge in [-0.3, -0.25) is 0 Å². The quantitative estimate of drug-likeness (QED) is 0.114. The molecule has 0 saturated heterocycles. The third kappa shape index (κ3) is 8.44. The van der Waals surface area contributed by atoms with Crippen molar-refractivity contribution < 1.29 is 36.7 Å². The molecule has 3 aromatic carbocycles. The summed E-state index contributed by atoms with van der Waals surface area (Å²) in [4.78, 5) is 0. The van der Waals surface area contributed by atoms with Gasteiger partial charge in [0.05, 0.1) is 0 Å². The summed E-state index contributed by atoms with van der Waals surface area (Å²) in [6.07, 6.45) is -1.19. The Balaban J connectivity index is 1.27. The summed E-state index contributed by atoms with van der Waals surface area (Å²) in [6, 6.07) is 21.2. The highest BCUT2D eigenvalue weighted by Gasteiger charge is 2.56. The third-order valence-electron chi connectivity index (χ3n) is 8.84. The average Bonchev–Trinajstić information content (AvgIpc) is 2.95. The molecule has 0 bridgehead atoms. The number of aryl methyl sites for hydroxylation is 3. The van der Waals surface area contributed by atoms with Gasteiger partial charge in [-0.2, -0.15) is 22.0 Å². The number of phenolic OH excluding ortho intramolecular Hbond substituents is 2. The number of fused-ring (bicyclic) bond motifs is 1. The summed E-state index contributed by atoms with van der Waals surface area (Å²) in [5, 5.41) is 19.9. The van der Waals surface area contributed by atoms with Crippen LogP contribution >= 0.6 is 0 Å². The highest BCUT2D eigenvalue weighted by atomic mass is 32.2. The molecule has 1 aliphatic rings. The largest absolute Gasteiger partial charge is 0.616 e. The first kappa shape index (κ1) is 33.1. The van der Waals surface area contributed by atoms with Gasteiger partial charge in [-0.1, -0.05) is 67.0 Å². The zero-order chi connectivity index (χ0) is 31.3. The van der Waals surface area contributed by atoms with Gasteiger partial charge >= 0.3 is 12.1 Å². The van der Waals surface area contributed by atoms with Crippen LogP contribution in [0.2, 0.25) is 0 Å².